The molecule has 0 N–H and O–H groups in total. The molecule has 0 radical (unpaired) electrons. The Hall–Kier alpha value is -2.39. The van der Waals surface area contributed by atoms with Crippen LogP contribution in [0.15, 0.2) is 65.7 Å². The summed E-state index contributed by atoms with van der Waals surface area (Å²) >= 11 is 5.97. The van der Waals surface area contributed by atoms with E-state index in [1.807, 2.05) is 11.0 Å². The van der Waals surface area contributed by atoms with E-state index in [9.17, 15) is 4.79 Å². The molecule has 2 atom stereocenters. The van der Waals surface area contributed by atoms with E-state index in [-0.39, 0.29) is 17.4 Å². The maximum absolute atomic E-state index is 13.2. The summed E-state index contributed by atoms with van der Waals surface area (Å²) < 4.78 is 0. The molecular formula is C22H19ClN2O. The first-order valence-electron chi connectivity index (χ1n) is 9.04. The highest BCUT2D eigenvalue weighted by atomic mass is 35.5. The van der Waals surface area contributed by atoms with Crippen LogP contribution in [0, 0.1) is 0 Å². The van der Waals surface area contributed by atoms with Crippen LogP contribution < -0.4 is 0 Å². The van der Waals surface area contributed by atoms with Gasteiger partial charge < -0.3 is 4.90 Å². The van der Waals surface area contributed by atoms with Crippen molar-refractivity contribution in [2.75, 3.05) is 6.54 Å². The quantitative estimate of drug-likeness (QED) is 0.662. The number of likely N-dealkylation sites (tertiary alicyclic amines) is 1. The number of piperidine rings is 1. The van der Waals surface area contributed by atoms with Crippen LogP contribution in [0.2, 0.25) is 5.02 Å². The van der Waals surface area contributed by atoms with Crippen molar-refractivity contribution in [1.29, 1.82) is 0 Å². The van der Waals surface area contributed by atoms with Crippen molar-refractivity contribution in [1.82, 2.24) is 4.90 Å². The number of halogens is 1. The van der Waals surface area contributed by atoms with Crippen LogP contribution in [0.5, 0.6) is 0 Å². The molecule has 1 amide bonds. The molecule has 2 aliphatic heterocycles. The molecule has 2 bridgehead atoms. The lowest BCUT2D eigenvalue weighted by Gasteiger charge is -2.50. The summed E-state index contributed by atoms with van der Waals surface area (Å²) in [6.45, 7) is 5.13. The highest BCUT2D eigenvalue weighted by Gasteiger charge is 2.55. The number of nitrogens with zero attached hydrogens (tertiary/aromatic N) is 2. The van der Waals surface area contributed by atoms with Gasteiger partial charge >= 0.3 is 0 Å². The van der Waals surface area contributed by atoms with Gasteiger partial charge in [0.1, 0.15) is 0 Å². The van der Waals surface area contributed by atoms with Gasteiger partial charge in [-0.25, -0.2) is 0 Å². The van der Waals surface area contributed by atoms with Crippen LogP contribution in [-0.4, -0.2) is 29.1 Å². The SMILES string of the molecule is C=C1CCC2C3=Nc4ccccc4C13CCN2C(=O)c1ccc(Cl)cc1. The number of hydrogen-bond donors (Lipinski definition) is 0. The molecule has 130 valence electrons. The maximum Gasteiger partial charge on any atom is 0.254 e. The number of amides is 1. The number of benzene rings is 2. The summed E-state index contributed by atoms with van der Waals surface area (Å²) in [7, 11) is 0. The summed E-state index contributed by atoms with van der Waals surface area (Å²) in [5, 5.41) is 0.642. The van der Waals surface area contributed by atoms with Crippen molar-refractivity contribution in [3.8, 4) is 0 Å². The zero-order chi connectivity index (χ0) is 17.9. The number of carbonyl (C=O) groups is 1. The second-order valence-electron chi connectivity index (χ2n) is 7.33. The van der Waals surface area contributed by atoms with Gasteiger partial charge in [-0.1, -0.05) is 42.0 Å². The molecule has 2 aromatic rings. The van der Waals surface area contributed by atoms with E-state index in [0.717, 1.165) is 37.2 Å². The van der Waals surface area contributed by atoms with Gasteiger partial charge in [0, 0.05) is 17.1 Å². The number of hydrogen-bond acceptors (Lipinski definition) is 2. The van der Waals surface area contributed by atoms with Crippen molar-refractivity contribution in [3.05, 3.63) is 76.8 Å². The monoisotopic (exact) mass is 362 g/mol. The fourth-order valence-electron chi connectivity index (χ4n) is 4.88. The number of fused-ring (bicyclic) bond motifs is 1. The van der Waals surface area contributed by atoms with Gasteiger partial charge in [-0.3, -0.25) is 9.79 Å². The molecule has 0 spiro atoms. The minimum atomic E-state index is -0.170. The Balaban J connectivity index is 1.57. The van der Waals surface area contributed by atoms with Crippen molar-refractivity contribution in [3.63, 3.8) is 0 Å². The first-order chi connectivity index (χ1) is 12.6. The van der Waals surface area contributed by atoms with Crippen LogP contribution in [-0.2, 0) is 5.41 Å². The summed E-state index contributed by atoms with van der Waals surface area (Å²) in [5.74, 6) is 0.0615. The van der Waals surface area contributed by atoms with Gasteiger partial charge in [0.2, 0.25) is 0 Å². The highest BCUT2D eigenvalue weighted by Crippen LogP contribution is 2.54. The fraction of sp³-hybridized carbons (Fsp3) is 0.273. The Bertz CT molecular complexity index is 962. The van der Waals surface area contributed by atoms with Gasteiger partial charge in [-0.05, 0) is 55.2 Å². The maximum atomic E-state index is 13.2. The van der Waals surface area contributed by atoms with Crippen LogP contribution in [0.4, 0.5) is 5.69 Å². The topological polar surface area (TPSA) is 32.7 Å². The predicted molar refractivity (Wildman–Crippen MR) is 104 cm³/mol. The Kier molecular flexibility index (Phi) is 3.38. The van der Waals surface area contributed by atoms with E-state index in [2.05, 4.69) is 24.8 Å². The molecule has 1 aliphatic carbocycles. The number of aliphatic imine (C=N–C) groups is 1. The second-order valence-corrected chi connectivity index (χ2v) is 7.77. The average molecular weight is 363 g/mol. The third kappa shape index (κ3) is 2.01. The second kappa shape index (κ2) is 5.55. The Morgan fingerprint density at radius 3 is 2.77 bits per heavy atom. The normalized spacial score (nSPS) is 26.2. The number of allylic oxidation sites excluding steroid dienone is 1. The van der Waals surface area contributed by atoms with Crippen LogP contribution in [0.25, 0.3) is 0 Å². The molecule has 0 aromatic heterocycles. The summed E-state index contributed by atoms with van der Waals surface area (Å²) in [6, 6.07) is 15.6. The molecule has 2 fully saturated rings. The molecule has 4 heteroatoms. The van der Waals surface area contributed by atoms with Crippen molar-refractivity contribution in [2.24, 2.45) is 4.99 Å². The molecule has 1 saturated heterocycles. The lowest BCUT2D eigenvalue weighted by atomic mass is 9.60. The summed E-state index contributed by atoms with van der Waals surface area (Å²) in [4.78, 5) is 20.1. The zero-order valence-corrected chi connectivity index (χ0v) is 15.2. The van der Waals surface area contributed by atoms with E-state index < -0.39 is 0 Å². The minimum Gasteiger partial charge on any atom is -0.330 e. The average Bonchev–Trinajstić information content (AvgIpc) is 3.02. The third-order valence-corrected chi connectivity index (χ3v) is 6.39. The summed E-state index contributed by atoms with van der Waals surface area (Å²) in [6.07, 6.45) is 2.69. The molecule has 3 aliphatic rings. The van der Waals surface area contributed by atoms with Gasteiger partial charge in [0.05, 0.1) is 22.9 Å². The number of carbonyl (C=O) groups excluding carboxylic acids is 1. The predicted octanol–water partition coefficient (Wildman–Crippen LogP) is 4.93. The van der Waals surface area contributed by atoms with Gasteiger partial charge in [0.15, 0.2) is 0 Å². The Labute approximate surface area is 158 Å². The molecule has 26 heavy (non-hydrogen) atoms. The molecular weight excluding hydrogens is 344 g/mol. The lowest BCUT2D eigenvalue weighted by Crippen LogP contribution is -2.60. The highest BCUT2D eigenvalue weighted by molar-refractivity contribution is 6.30. The molecule has 2 aromatic carbocycles. The van der Waals surface area contributed by atoms with Crippen molar-refractivity contribution in [2.45, 2.75) is 30.7 Å². The zero-order valence-electron chi connectivity index (χ0n) is 14.4. The van der Waals surface area contributed by atoms with E-state index in [0.29, 0.717) is 10.6 Å². The van der Waals surface area contributed by atoms with Crippen molar-refractivity contribution < 1.29 is 4.79 Å². The van der Waals surface area contributed by atoms with Gasteiger partial charge in [-0.15, -0.1) is 0 Å². The summed E-state index contributed by atoms with van der Waals surface area (Å²) in [5.41, 5.74) is 5.18. The van der Waals surface area contributed by atoms with Crippen LogP contribution >= 0.6 is 11.6 Å². The van der Waals surface area contributed by atoms with E-state index in [1.54, 1.807) is 24.3 Å². The Morgan fingerprint density at radius 2 is 1.96 bits per heavy atom. The van der Waals surface area contributed by atoms with Gasteiger partial charge in [-0.2, -0.15) is 0 Å². The molecule has 2 heterocycles. The van der Waals surface area contributed by atoms with E-state index in [1.165, 1.54) is 11.1 Å². The fourth-order valence-corrected chi connectivity index (χ4v) is 5.00. The van der Waals surface area contributed by atoms with Gasteiger partial charge in [0.25, 0.3) is 5.91 Å². The lowest BCUT2D eigenvalue weighted by molar-refractivity contribution is 0.0669. The van der Waals surface area contributed by atoms with Crippen LogP contribution in [0.3, 0.4) is 0 Å². The molecule has 2 unspecified atom stereocenters. The number of rotatable bonds is 1. The molecule has 5 rings (SSSR count). The molecule has 3 nitrogen and oxygen atoms in total. The first kappa shape index (κ1) is 15.8. The minimum absolute atomic E-state index is 0.0461. The number of para-hydroxylation sites is 1. The first-order valence-corrected chi connectivity index (χ1v) is 9.42. The smallest absolute Gasteiger partial charge is 0.254 e. The van der Waals surface area contributed by atoms with Crippen LogP contribution in [0.1, 0.15) is 35.2 Å². The van der Waals surface area contributed by atoms with E-state index in [4.69, 9.17) is 16.6 Å². The standard InChI is InChI=1S/C22H19ClN2O/c1-14-6-11-19-20-22(14,17-4-2-3-5-18(17)24-20)12-13-25(19)21(26)15-7-9-16(23)10-8-15/h2-5,7-10,19H,1,6,11-13H2. The largest absolute Gasteiger partial charge is 0.330 e. The Morgan fingerprint density at radius 1 is 1.19 bits per heavy atom. The van der Waals surface area contributed by atoms with E-state index >= 15 is 0 Å². The third-order valence-electron chi connectivity index (χ3n) is 6.14. The van der Waals surface area contributed by atoms with Crippen molar-refractivity contribution >= 4 is 28.9 Å². The molecule has 1 saturated carbocycles.